The van der Waals surface area contributed by atoms with E-state index in [1.165, 1.54) is 22.7 Å². The van der Waals surface area contributed by atoms with Crippen molar-refractivity contribution in [2.75, 3.05) is 13.2 Å². The molecule has 2 rings (SSSR count). The van der Waals surface area contributed by atoms with Gasteiger partial charge in [-0.1, -0.05) is 6.07 Å². The maximum Gasteiger partial charge on any atom is 0.422 e. The molecule has 0 aliphatic rings. The van der Waals surface area contributed by atoms with E-state index >= 15 is 0 Å². The first-order chi connectivity index (χ1) is 12.4. The number of aryl methyl sites for hydroxylation is 1. The average Bonchev–Trinajstić information content (AvgIpc) is 3.01. The van der Waals surface area contributed by atoms with E-state index in [0.29, 0.717) is 19.0 Å². The molecule has 0 unspecified atom stereocenters. The first-order valence-electron chi connectivity index (χ1n) is 8.07. The van der Waals surface area contributed by atoms with Crippen LogP contribution < -0.4 is 15.4 Å². The Hall–Kier alpha value is -2.29. The van der Waals surface area contributed by atoms with Gasteiger partial charge in [0.25, 0.3) is 0 Å². The molecule has 0 atom stereocenters. The second-order valence-corrected chi connectivity index (χ2v) is 6.48. The fourth-order valence-corrected chi connectivity index (χ4v) is 2.85. The third kappa shape index (κ3) is 6.91. The zero-order chi connectivity index (χ0) is 19.0. The van der Waals surface area contributed by atoms with Crippen molar-refractivity contribution in [3.63, 3.8) is 0 Å². The summed E-state index contributed by atoms with van der Waals surface area (Å²) in [6, 6.07) is 5.13. The van der Waals surface area contributed by atoms with Crippen molar-refractivity contribution in [2.24, 2.45) is 4.99 Å². The molecule has 0 fully saturated rings. The van der Waals surface area contributed by atoms with Crippen molar-refractivity contribution in [3.8, 4) is 5.88 Å². The zero-order valence-corrected chi connectivity index (χ0v) is 15.4. The van der Waals surface area contributed by atoms with Crippen LogP contribution in [-0.4, -0.2) is 30.3 Å². The van der Waals surface area contributed by atoms with E-state index in [1.54, 1.807) is 17.4 Å². The molecular weight excluding hydrogens is 365 g/mol. The number of aromatic nitrogens is 1. The van der Waals surface area contributed by atoms with Crippen molar-refractivity contribution in [2.45, 2.75) is 33.1 Å². The summed E-state index contributed by atoms with van der Waals surface area (Å²) in [6.07, 6.45) is -2.92. The summed E-state index contributed by atoms with van der Waals surface area (Å²) in [5.41, 5.74) is 2.01. The highest BCUT2D eigenvalue weighted by Crippen LogP contribution is 2.17. The number of hydrogen-bond donors (Lipinski definition) is 2. The molecule has 9 heteroatoms. The Bertz CT molecular complexity index is 714. The molecule has 142 valence electrons. The first kappa shape index (κ1) is 20.0. The van der Waals surface area contributed by atoms with E-state index in [9.17, 15) is 13.2 Å². The summed E-state index contributed by atoms with van der Waals surface area (Å²) >= 11 is 1.68. The second kappa shape index (κ2) is 9.42. The molecule has 0 aliphatic heterocycles. The van der Waals surface area contributed by atoms with Crippen molar-refractivity contribution in [1.29, 1.82) is 0 Å². The molecule has 0 bridgehead atoms. The largest absolute Gasteiger partial charge is 0.468 e. The van der Waals surface area contributed by atoms with Crippen molar-refractivity contribution in [1.82, 2.24) is 15.6 Å². The smallest absolute Gasteiger partial charge is 0.422 e. The molecule has 2 N–H and O–H groups in total. The number of rotatable bonds is 7. The third-order valence-electron chi connectivity index (χ3n) is 3.33. The minimum Gasteiger partial charge on any atom is -0.468 e. The molecule has 2 aromatic heterocycles. The van der Waals surface area contributed by atoms with Gasteiger partial charge in [-0.3, -0.25) is 0 Å². The number of hydrogen-bond acceptors (Lipinski definition) is 4. The minimum absolute atomic E-state index is 0.0618. The summed E-state index contributed by atoms with van der Waals surface area (Å²) in [5, 5.41) is 8.46. The maximum atomic E-state index is 12.1. The summed E-state index contributed by atoms with van der Waals surface area (Å²) in [5.74, 6) is 0.603. The fraction of sp³-hybridized carbons (Fsp3) is 0.412. The number of halogens is 3. The van der Waals surface area contributed by atoms with Gasteiger partial charge >= 0.3 is 6.18 Å². The van der Waals surface area contributed by atoms with Gasteiger partial charge in [-0.05, 0) is 36.4 Å². The lowest BCUT2D eigenvalue weighted by Gasteiger charge is -2.11. The van der Waals surface area contributed by atoms with Crippen LogP contribution >= 0.6 is 11.3 Å². The second-order valence-electron chi connectivity index (χ2n) is 5.48. The Morgan fingerprint density at radius 2 is 2.08 bits per heavy atom. The van der Waals surface area contributed by atoms with Crippen LogP contribution in [-0.2, 0) is 13.1 Å². The van der Waals surface area contributed by atoms with Crippen molar-refractivity contribution in [3.05, 3.63) is 45.8 Å². The predicted octanol–water partition coefficient (Wildman–Crippen LogP) is 3.65. The predicted molar refractivity (Wildman–Crippen MR) is 96.5 cm³/mol. The highest BCUT2D eigenvalue weighted by atomic mass is 32.1. The van der Waals surface area contributed by atoms with E-state index in [-0.39, 0.29) is 5.88 Å². The lowest BCUT2D eigenvalue weighted by atomic mass is 10.3. The fourth-order valence-electron chi connectivity index (χ4n) is 2.01. The van der Waals surface area contributed by atoms with Crippen LogP contribution in [0.25, 0.3) is 0 Å². The standard InChI is InChI=1S/C17H21F3N4OS/c1-3-21-16(24-10-14-12(2)6-7-26-14)23-9-13-4-5-15(22-8-13)25-11-17(18,19)20/h4-8H,3,9-11H2,1-2H3,(H2,21,23,24). The van der Waals surface area contributed by atoms with Gasteiger partial charge in [0.05, 0.1) is 13.1 Å². The highest BCUT2D eigenvalue weighted by molar-refractivity contribution is 7.10. The van der Waals surface area contributed by atoms with E-state index in [0.717, 1.165) is 12.1 Å². The van der Waals surface area contributed by atoms with E-state index in [1.807, 2.05) is 12.3 Å². The summed E-state index contributed by atoms with van der Waals surface area (Å²) in [4.78, 5) is 9.58. The van der Waals surface area contributed by atoms with Crippen molar-refractivity contribution >= 4 is 17.3 Å². The Labute approximate surface area is 154 Å². The summed E-state index contributed by atoms with van der Waals surface area (Å²) in [7, 11) is 0. The number of nitrogens with zero attached hydrogens (tertiary/aromatic N) is 2. The van der Waals surface area contributed by atoms with Crippen LogP contribution in [0, 0.1) is 6.92 Å². The topological polar surface area (TPSA) is 58.5 Å². The highest BCUT2D eigenvalue weighted by Gasteiger charge is 2.28. The molecule has 26 heavy (non-hydrogen) atoms. The molecule has 2 aromatic rings. The van der Waals surface area contributed by atoms with Crippen LogP contribution in [0.5, 0.6) is 5.88 Å². The van der Waals surface area contributed by atoms with Crippen LogP contribution in [0.2, 0.25) is 0 Å². The number of ether oxygens (including phenoxy) is 1. The average molecular weight is 386 g/mol. The monoisotopic (exact) mass is 386 g/mol. The van der Waals surface area contributed by atoms with Gasteiger partial charge in [0.1, 0.15) is 0 Å². The molecule has 0 saturated heterocycles. The normalized spacial score (nSPS) is 12.1. The van der Waals surface area contributed by atoms with Crippen LogP contribution in [0.15, 0.2) is 34.8 Å². The molecule has 0 saturated carbocycles. The summed E-state index contributed by atoms with van der Waals surface area (Å²) in [6.45, 7) is 4.43. The van der Waals surface area contributed by atoms with Gasteiger partial charge < -0.3 is 15.4 Å². The van der Waals surface area contributed by atoms with Gasteiger partial charge in [-0.2, -0.15) is 13.2 Å². The lowest BCUT2D eigenvalue weighted by molar-refractivity contribution is -0.154. The van der Waals surface area contributed by atoms with Gasteiger partial charge in [0.2, 0.25) is 5.88 Å². The first-order valence-corrected chi connectivity index (χ1v) is 8.95. The molecule has 0 amide bonds. The number of thiophene rings is 1. The third-order valence-corrected chi connectivity index (χ3v) is 4.35. The number of alkyl halides is 3. The Morgan fingerprint density at radius 1 is 1.27 bits per heavy atom. The Kier molecular flexibility index (Phi) is 7.26. The Morgan fingerprint density at radius 3 is 2.65 bits per heavy atom. The van der Waals surface area contributed by atoms with Gasteiger partial charge in [0.15, 0.2) is 12.6 Å². The molecule has 0 aromatic carbocycles. The SMILES string of the molecule is CCNC(=NCc1ccc(OCC(F)(F)F)nc1)NCc1sccc1C. The number of guanidine groups is 1. The van der Waals surface area contributed by atoms with Crippen molar-refractivity contribution < 1.29 is 17.9 Å². The molecule has 0 radical (unpaired) electrons. The molecule has 5 nitrogen and oxygen atoms in total. The van der Waals surface area contributed by atoms with Crippen LogP contribution in [0.4, 0.5) is 13.2 Å². The minimum atomic E-state index is -4.38. The maximum absolute atomic E-state index is 12.1. The zero-order valence-electron chi connectivity index (χ0n) is 14.6. The molecular formula is C17H21F3N4OS. The number of pyridine rings is 1. The van der Waals surface area contributed by atoms with Gasteiger partial charge in [-0.25, -0.2) is 9.98 Å². The lowest BCUT2D eigenvalue weighted by Crippen LogP contribution is -2.36. The Balaban J connectivity index is 1.90. The van der Waals surface area contributed by atoms with E-state index < -0.39 is 12.8 Å². The van der Waals surface area contributed by atoms with E-state index in [4.69, 9.17) is 0 Å². The van der Waals surface area contributed by atoms with Gasteiger partial charge in [0, 0.05) is 23.7 Å². The van der Waals surface area contributed by atoms with Crippen LogP contribution in [0.1, 0.15) is 22.9 Å². The quantitative estimate of drug-likeness (QED) is 0.563. The summed E-state index contributed by atoms with van der Waals surface area (Å²) < 4.78 is 40.9. The molecule has 0 aliphatic carbocycles. The molecule has 0 spiro atoms. The number of aliphatic imine (C=N–C) groups is 1. The van der Waals surface area contributed by atoms with Gasteiger partial charge in [-0.15, -0.1) is 11.3 Å². The van der Waals surface area contributed by atoms with E-state index in [2.05, 4.69) is 38.3 Å². The number of nitrogens with one attached hydrogen (secondary N) is 2. The molecule has 2 heterocycles. The van der Waals surface area contributed by atoms with Crippen LogP contribution in [0.3, 0.4) is 0 Å².